The summed E-state index contributed by atoms with van der Waals surface area (Å²) in [6.07, 6.45) is 3.68. The van der Waals surface area contributed by atoms with Crippen LogP contribution < -0.4 is 4.72 Å². The van der Waals surface area contributed by atoms with E-state index < -0.39 is 10.0 Å². The van der Waals surface area contributed by atoms with E-state index in [0.29, 0.717) is 11.4 Å². The van der Waals surface area contributed by atoms with Gasteiger partial charge < -0.3 is 4.98 Å². The van der Waals surface area contributed by atoms with Gasteiger partial charge in [-0.3, -0.25) is 9.71 Å². The maximum atomic E-state index is 12.7. The Hall–Kier alpha value is -3.38. The van der Waals surface area contributed by atoms with Crippen molar-refractivity contribution in [2.75, 3.05) is 4.72 Å². The molecule has 0 bridgehead atoms. The summed E-state index contributed by atoms with van der Waals surface area (Å²) < 4.78 is 28.0. The molecule has 0 spiro atoms. The number of sulfonamides is 1. The minimum Gasteiger partial charge on any atom is -0.361 e. The molecule has 0 aliphatic carbocycles. The summed E-state index contributed by atoms with van der Waals surface area (Å²) in [5.74, 6) is 0. The molecule has 4 rings (SSSR count). The van der Waals surface area contributed by atoms with Crippen molar-refractivity contribution in [2.24, 2.45) is 4.99 Å². The third kappa shape index (κ3) is 4.07. The van der Waals surface area contributed by atoms with Gasteiger partial charge in [-0.2, -0.15) is 0 Å². The number of aliphatic imine (C=N–C) groups is 1. The third-order valence-electron chi connectivity index (χ3n) is 4.75. The highest BCUT2D eigenvalue weighted by Crippen LogP contribution is 2.23. The fourth-order valence-corrected chi connectivity index (χ4v) is 4.32. The summed E-state index contributed by atoms with van der Waals surface area (Å²) in [6.45, 7) is 3.86. The van der Waals surface area contributed by atoms with E-state index in [0.717, 1.165) is 27.6 Å². The second-order valence-electron chi connectivity index (χ2n) is 6.97. The van der Waals surface area contributed by atoms with E-state index in [9.17, 15) is 8.42 Å². The summed E-state index contributed by atoms with van der Waals surface area (Å²) >= 11 is 0. The number of fused-ring (bicyclic) bond motifs is 1. The first-order valence-electron chi connectivity index (χ1n) is 9.23. The first-order valence-corrected chi connectivity index (χ1v) is 10.7. The molecule has 0 saturated carbocycles. The molecule has 29 heavy (non-hydrogen) atoms. The highest BCUT2D eigenvalue weighted by molar-refractivity contribution is 7.92. The van der Waals surface area contributed by atoms with Crippen LogP contribution in [0.4, 0.5) is 11.4 Å². The Labute approximate surface area is 170 Å². The van der Waals surface area contributed by atoms with Crippen LogP contribution in [0.5, 0.6) is 0 Å². The average Bonchev–Trinajstić information content (AvgIpc) is 3.12. The molecule has 2 N–H and O–H groups in total. The molecule has 0 unspecified atom stereocenters. The van der Waals surface area contributed by atoms with Gasteiger partial charge in [0.05, 0.1) is 16.3 Å². The van der Waals surface area contributed by atoms with E-state index in [2.05, 4.69) is 14.7 Å². The number of para-hydroxylation sites is 1. The molecule has 5 nitrogen and oxygen atoms in total. The maximum absolute atomic E-state index is 12.7. The zero-order chi connectivity index (χ0) is 20.4. The van der Waals surface area contributed by atoms with Crippen LogP contribution in [0.1, 0.15) is 16.7 Å². The Kier molecular flexibility index (Phi) is 4.94. The van der Waals surface area contributed by atoms with Gasteiger partial charge in [-0.05, 0) is 55.8 Å². The van der Waals surface area contributed by atoms with Crippen molar-refractivity contribution in [2.45, 2.75) is 18.7 Å². The maximum Gasteiger partial charge on any atom is 0.261 e. The molecule has 0 atom stereocenters. The van der Waals surface area contributed by atoms with Crippen molar-refractivity contribution in [3.8, 4) is 0 Å². The monoisotopic (exact) mass is 403 g/mol. The van der Waals surface area contributed by atoms with Crippen molar-refractivity contribution in [1.29, 1.82) is 0 Å². The Morgan fingerprint density at radius 1 is 0.966 bits per heavy atom. The fourth-order valence-electron chi connectivity index (χ4n) is 3.19. The van der Waals surface area contributed by atoms with Crippen LogP contribution in [0.2, 0.25) is 0 Å². The lowest BCUT2D eigenvalue weighted by Crippen LogP contribution is -2.13. The number of rotatable bonds is 5. The normalized spacial score (nSPS) is 11.9. The largest absolute Gasteiger partial charge is 0.361 e. The number of anilines is 1. The van der Waals surface area contributed by atoms with Gasteiger partial charge >= 0.3 is 0 Å². The van der Waals surface area contributed by atoms with Crippen molar-refractivity contribution >= 4 is 38.5 Å². The van der Waals surface area contributed by atoms with Gasteiger partial charge in [-0.25, -0.2) is 8.42 Å². The molecule has 0 radical (unpaired) electrons. The standard InChI is InChI=1S/C23H21N3O2S/c1-16-7-12-22(17(2)13-16)26-29(27,28)20-10-8-19(9-11-20)24-14-18-15-25-23-6-4-3-5-21(18)23/h3-15,25-26H,1-2H3. The van der Waals surface area contributed by atoms with E-state index in [1.165, 1.54) is 0 Å². The minimum absolute atomic E-state index is 0.198. The summed E-state index contributed by atoms with van der Waals surface area (Å²) in [5, 5.41) is 1.09. The lowest BCUT2D eigenvalue weighted by Gasteiger charge is -2.11. The molecule has 0 saturated heterocycles. The van der Waals surface area contributed by atoms with Crippen LogP contribution in [0.25, 0.3) is 10.9 Å². The quantitative estimate of drug-likeness (QED) is 0.442. The number of H-pyrrole nitrogens is 1. The molecule has 1 heterocycles. The zero-order valence-corrected chi connectivity index (χ0v) is 17.0. The molecule has 0 aliphatic rings. The number of nitrogens with zero attached hydrogens (tertiary/aromatic N) is 1. The second kappa shape index (κ2) is 7.56. The Morgan fingerprint density at radius 3 is 2.48 bits per heavy atom. The number of hydrogen-bond acceptors (Lipinski definition) is 3. The van der Waals surface area contributed by atoms with Crippen LogP contribution in [0.3, 0.4) is 0 Å². The highest BCUT2D eigenvalue weighted by atomic mass is 32.2. The SMILES string of the molecule is Cc1ccc(NS(=O)(=O)c2ccc(N=Cc3c[nH]c4ccccc34)cc2)c(C)c1. The van der Waals surface area contributed by atoms with E-state index in [4.69, 9.17) is 0 Å². The van der Waals surface area contributed by atoms with Crippen molar-refractivity contribution in [3.63, 3.8) is 0 Å². The van der Waals surface area contributed by atoms with E-state index in [1.54, 1.807) is 36.5 Å². The average molecular weight is 404 g/mol. The number of nitrogens with one attached hydrogen (secondary N) is 2. The van der Waals surface area contributed by atoms with Crippen LogP contribution in [0, 0.1) is 13.8 Å². The van der Waals surface area contributed by atoms with Crippen LogP contribution >= 0.6 is 0 Å². The molecule has 6 heteroatoms. The van der Waals surface area contributed by atoms with E-state index in [-0.39, 0.29) is 4.90 Å². The molecule has 3 aromatic carbocycles. The predicted octanol–water partition coefficient (Wildman–Crippen LogP) is 5.34. The van der Waals surface area contributed by atoms with Gasteiger partial charge in [0.2, 0.25) is 0 Å². The first kappa shape index (κ1) is 19.0. The predicted molar refractivity (Wildman–Crippen MR) is 119 cm³/mol. The molecule has 0 fully saturated rings. The van der Waals surface area contributed by atoms with Crippen molar-refractivity contribution in [1.82, 2.24) is 4.98 Å². The van der Waals surface area contributed by atoms with Gasteiger partial charge in [0.1, 0.15) is 0 Å². The van der Waals surface area contributed by atoms with Gasteiger partial charge in [-0.15, -0.1) is 0 Å². The Balaban J connectivity index is 1.54. The summed E-state index contributed by atoms with van der Waals surface area (Å²) in [5.41, 5.74) is 5.26. The molecule has 146 valence electrons. The number of aromatic nitrogens is 1. The minimum atomic E-state index is -3.66. The topological polar surface area (TPSA) is 74.3 Å². The van der Waals surface area contributed by atoms with Crippen LogP contribution in [-0.2, 0) is 10.0 Å². The molecule has 4 aromatic rings. The fraction of sp³-hybridized carbons (Fsp3) is 0.0870. The highest BCUT2D eigenvalue weighted by Gasteiger charge is 2.15. The number of hydrogen-bond donors (Lipinski definition) is 2. The molecule has 1 aromatic heterocycles. The Bertz CT molecular complexity index is 1300. The summed E-state index contributed by atoms with van der Waals surface area (Å²) in [4.78, 5) is 7.87. The number of aryl methyl sites for hydroxylation is 2. The van der Waals surface area contributed by atoms with Crippen molar-refractivity contribution < 1.29 is 8.42 Å². The third-order valence-corrected chi connectivity index (χ3v) is 6.13. The summed E-state index contributed by atoms with van der Waals surface area (Å²) in [7, 11) is -3.66. The lowest BCUT2D eigenvalue weighted by molar-refractivity contribution is 0.601. The smallest absolute Gasteiger partial charge is 0.261 e. The molecule has 0 amide bonds. The van der Waals surface area contributed by atoms with Gasteiger partial charge in [0.25, 0.3) is 10.0 Å². The zero-order valence-electron chi connectivity index (χ0n) is 16.2. The first-order chi connectivity index (χ1) is 13.9. The van der Waals surface area contributed by atoms with Crippen molar-refractivity contribution in [3.05, 3.63) is 89.6 Å². The second-order valence-corrected chi connectivity index (χ2v) is 8.65. The molecule has 0 aliphatic heterocycles. The van der Waals surface area contributed by atoms with Crippen LogP contribution in [0.15, 0.2) is 82.8 Å². The number of benzene rings is 3. The van der Waals surface area contributed by atoms with Crippen LogP contribution in [-0.4, -0.2) is 19.6 Å². The lowest BCUT2D eigenvalue weighted by atomic mass is 10.1. The van der Waals surface area contributed by atoms with Gasteiger partial charge in [0.15, 0.2) is 0 Å². The summed E-state index contributed by atoms with van der Waals surface area (Å²) in [6, 6.07) is 20.1. The molecular formula is C23H21N3O2S. The van der Waals surface area contributed by atoms with Gasteiger partial charge in [-0.1, -0.05) is 35.9 Å². The van der Waals surface area contributed by atoms with E-state index in [1.807, 2.05) is 56.4 Å². The molecular weight excluding hydrogens is 382 g/mol. The van der Waals surface area contributed by atoms with Gasteiger partial charge in [0, 0.05) is 28.9 Å². The van der Waals surface area contributed by atoms with E-state index >= 15 is 0 Å². The Morgan fingerprint density at radius 2 is 1.72 bits per heavy atom. The number of aromatic amines is 1.